The van der Waals surface area contributed by atoms with Gasteiger partial charge in [-0.3, -0.25) is 9.36 Å². The topological polar surface area (TPSA) is 74.8 Å². The van der Waals surface area contributed by atoms with Crippen LogP contribution in [0.25, 0.3) is 11.8 Å². The lowest BCUT2D eigenvalue weighted by Crippen LogP contribution is -2.40. The molecular weight excluding hydrogens is 670 g/mol. The number of nitrogens with zero attached hydrogens (tertiary/aromatic N) is 3. The van der Waals surface area contributed by atoms with Crippen molar-refractivity contribution < 1.29 is 14.3 Å². The molecule has 4 aromatic rings. The third kappa shape index (κ3) is 5.52. The van der Waals surface area contributed by atoms with Gasteiger partial charge in [0.1, 0.15) is 11.8 Å². The minimum Gasteiger partial charge on any atom is -0.496 e. The van der Waals surface area contributed by atoms with Crippen LogP contribution in [0.5, 0.6) is 5.75 Å². The Morgan fingerprint density at radius 1 is 1.05 bits per heavy atom. The summed E-state index contributed by atoms with van der Waals surface area (Å²) >= 11 is 8.35. The van der Waals surface area contributed by atoms with Gasteiger partial charge < -0.3 is 14.0 Å². The Labute approximate surface area is 258 Å². The maximum absolute atomic E-state index is 14.1. The predicted molar refractivity (Wildman–Crippen MR) is 169 cm³/mol. The number of carbonyl (C=O) groups excluding carboxylic acids is 1. The van der Waals surface area contributed by atoms with E-state index in [0.717, 1.165) is 31.6 Å². The molecule has 0 N–H and O–H groups in total. The second kappa shape index (κ2) is 11.6. The first-order valence-electron chi connectivity index (χ1n) is 13.0. The molecule has 3 heterocycles. The molecule has 5 rings (SSSR count). The molecule has 0 radical (unpaired) electrons. The smallest absolute Gasteiger partial charge is 0.338 e. The van der Waals surface area contributed by atoms with Gasteiger partial charge in [-0.05, 0) is 94.8 Å². The first-order valence-corrected chi connectivity index (χ1v) is 15.4. The molecule has 0 saturated carbocycles. The highest BCUT2D eigenvalue weighted by Gasteiger charge is 2.35. The Balaban J connectivity index is 1.72. The van der Waals surface area contributed by atoms with Gasteiger partial charge in [0.05, 0.1) is 29.0 Å². The van der Waals surface area contributed by atoms with Crippen molar-refractivity contribution in [1.82, 2.24) is 9.13 Å². The normalized spacial score (nSPS) is 15.2. The van der Waals surface area contributed by atoms with E-state index in [2.05, 4.69) is 42.5 Å². The van der Waals surface area contributed by atoms with Gasteiger partial charge in [0, 0.05) is 31.6 Å². The molecule has 0 fully saturated rings. The van der Waals surface area contributed by atoms with Crippen LogP contribution in [0.2, 0.25) is 0 Å². The summed E-state index contributed by atoms with van der Waals surface area (Å²) in [5, 5.41) is 0. The number of esters is 1. The highest BCUT2D eigenvalue weighted by molar-refractivity contribution is 9.10. The van der Waals surface area contributed by atoms with Gasteiger partial charge in [-0.1, -0.05) is 43.2 Å². The molecule has 0 aliphatic carbocycles. The molecule has 1 aliphatic heterocycles. The molecular formula is C31H29Br2N3O4S. The van der Waals surface area contributed by atoms with Crippen molar-refractivity contribution in [2.24, 2.45) is 4.99 Å². The van der Waals surface area contributed by atoms with Crippen molar-refractivity contribution in [3.63, 3.8) is 0 Å². The van der Waals surface area contributed by atoms with Gasteiger partial charge in [0.15, 0.2) is 4.80 Å². The van der Waals surface area contributed by atoms with E-state index in [1.54, 1.807) is 32.4 Å². The van der Waals surface area contributed by atoms with Gasteiger partial charge in [0.2, 0.25) is 0 Å². The van der Waals surface area contributed by atoms with Crippen LogP contribution in [-0.2, 0) is 9.53 Å². The molecule has 1 aliphatic rings. The van der Waals surface area contributed by atoms with Crippen molar-refractivity contribution in [1.29, 1.82) is 0 Å². The first-order chi connectivity index (χ1) is 19.5. The minimum absolute atomic E-state index is 0.239. The molecule has 0 bridgehead atoms. The molecule has 2 aromatic heterocycles. The predicted octanol–water partition coefficient (Wildman–Crippen LogP) is 6.13. The third-order valence-corrected chi connectivity index (χ3v) is 8.92. The lowest BCUT2D eigenvalue weighted by Gasteiger charge is -2.26. The van der Waals surface area contributed by atoms with Crippen LogP contribution in [0.4, 0.5) is 0 Å². The molecule has 1 atom stereocenters. The monoisotopic (exact) mass is 697 g/mol. The van der Waals surface area contributed by atoms with Gasteiger partial charge in [-0.25, -0.2) is 9.79 Å². The van der Waals surface area contributed by atoms with Gasteiger partial charge in [-0.2, -0.15) is 0 Å². The van der Waals surface area contributed by atoms with Crippen LogP contribution in [-0.4, -0.2) is 28.3 Å². The number of thiazole rings is 1. The number of hydrogen-bond donors (Lipinski definition) is 0. The number of aromatic nitrogens is 2. The fourth-order valence-electron chi connectivity index (χ4n) is 5.14. The van der Waals surface area contributed by atoms with Crippen LogP contribution in [0.15, 0.2) is 78.5 Å². The lowest BCUT2D eigenvalue weighted by molar-refractivity contribution is -0.143. The number of aryl methyl sites for hydroxylation is 1. The number of hydrogen-bond acceptors (Lipinski definition) is 6. The highest BCUT2D eigenvalue weighted by atomic mass is 79.9. The number of carbonyl (C=O) groups is 1. The van der Waals surface area contributed by atoms with Crippen molar-refractivity contribution in [3.8, 4) is 11.4 Å². The van der Waals surface area contributed by atoms with E-state index < -0.39 is 12.0 Å². The van der Waals surface area contributed by atoms with Crippen LogP contribution in [0.3, 0.4) is 0 Å². The Morgan fingerprint density at radius 2 is 1.73 bits per heavy atom. The summed E-state index contributed by atoms with van der Waals surface area (Å²) in [6.07, 6.45) is 1.57. The number of methoxy groups -OCH3 is 1. The Hall–Kier alpha value is -3.21. The zero-order valence-corrected chi connectivity index (χ0v) is 27.5. The van der Waals surface area contributed by atoms with E-state index in [0.29, 0.717) is 31.9 Å². The minimum atomic E-state index is -0.776. The fourth-order valence-corrected chi connectivity index (χ4v) is 6.82. The SMILES string of the molecule is COc1ccc(Br)cc1[C@@H]1C(C(=O)OC(C)C)=C(C)N=c2s/c(=C\c3cc(C)n(-c4ccc(Br)cc4)c3C)c(=O)n21. The summed E-state index contributed by atoms with van der Waals surface area (Å²) < 4.78 is 17.4. The molecule has 0 amide bonds. The van der Waals surface area contributed by atoms with Crippen molar-refractivity contribution >= 4 is 55.2 Å². The molecule has 41 heavy (non-hydrogen) atoms. The Bertz CT molecular complexity index is 1880. The number of allylic oxidation sites excluding steroid dienone is 1. The average Bonchev–Trinajstić information content (AvgIpc) is 3.37. The summed E-state index contributed by atoms with van der Waals surface area (Å²) in [6.45, 7) is 9.45. The molecule has 10 heteroatoms. The third-order valence-electron chi connectivity index (χ3n) is 6.91. The lowest BCUT2D eigenvalue weighted by atomic mass is 9.95. The molecule has 7 nitrogen and oxygen atoms in total. The number of fused-ring (bicyclic) bond motifs is 1. The van der Waals surface area contributed by atoms with Crippen LogP contribution >= 0.6 is 43.2 Å². The van der Waals surface area contributed by atoms with E-state index >= 15 is 0 Å². The van der Waals surface area contributed by atoms with E-state index in [1.807, 2.05) is 62.4 Å². The number of halogens is 2. The summed E-state index contributed by atoms with van der Waals surface area (Å²) in [5.41, 5.74) is 5.27. The van der Waals surface area contributed by atoms with E-state index in [4.69, 9.17) is 14.5 Å². The van der Waals surface area contributed by atoms with E-state index in [9.17, 15) is 9.59 Å². The summed E-state index contributed by atoms with van der Waals surface area (Å²) in [4.78, 5) is 32.8. The Morgan fingerprint density at radius 3 is 2.39 bits per heavy atom. The van der Waals surface area contributed by atoms with Crippen molar-refractivity contribution in [2.75, 3.05) is 7.11 Å². The summed E-state index contributed by atoms with van der Waals surface area (Å²) in [5.74, 6) is 0.0379. The highest BCUT2D eigenvalue weighted by Crippen LogP contribution is 2.37. The summed E-state index contributed by atoms with van der Waals surface area (Å²) in [7, 11) is 1.57. The number of rotatable bonds is 6. The molecule has 212 valence electrons. The summed E-state index contributed by atoms with van der Waals surface area (Å²) in [6, 6.07) is 14.9. The quantitative estimate of drug-likeness (QED) is 0.227. The van der Waals surface area contributed by atoms with Gasteiger partial charge in [0.25, 0.3) is 5.56 Å². The van der Waals surface area contributed by atoms with Crippen LogP contribution < -0.4 is 19.6 Å². The molecule has 0 saturated heterocycles. The second-order valence-corrected chi connectivity index (χ2v) is 12.9. The fraction of sp³-hybridized carbons (Fsp3) is 0.258. The molecule has 2 aromatic carbocycles. The first kappa shape index (κ1) is 29.3. The zero-order valence-electron chi connectivity index (χ0n) is 23.5. The molecule has 0 spiro atoms. The zero-order chi connectivity index (χ0) is 29.6. The number of ether oxygens (including phenoxy) is 2. The maximum Gasteiger partial charge on any atom is 0.338 e. The second-order valence-electron chi connectivity index (χ2n) is 10.1. The van der Waals surface area contributed by atoms with Crippen molar-refractivity contribution in [3.05, 3.63) is 111 Å². The average molecular weight is 699 g/mol. The Kier molecular flexibility index (Phi) is 8.27. The number of benzene rings is 2. The van der Waals surface area contributed by atoms with Gasteiger partial charge in [-0.15, -0.1) is 0 Å². The molecule has 0 unspecified atom stereocenters. The van der Waals surface area contributed by atoms with E-state index in [-0.39, 0.29) is 11.7 Å². The van der Waals surface area contributed by atoms with Crippen LogP contribution in [0, 0.1) is 13.8 Å². The van der Waals surface area contributed by atoms with Crippen LogP contribution in [0.1, 0.15) is 49.3 Å². The van der Waals surface area contributed by atoms with Gasteiger partial charge >= 0.3 is 5.97 Å². The largest absolute Gasteiger partial charge is 0.496 e. The van der Waals surface area contributed by atoms with E-state index in [1.165, 1.54) is 11.3 Å². The maximum atomic E-state index is 14.1. The standard InChI is InChI=1S/C31H29Br2N3O4S/c1-16(2)40-30(38)27-18(4)34-31-36(28(27)24-15-22(33)9-12-25(24)39-6)29(37)26(41-31)14-20-13-17(3)35(19(20)5)23-10-7-21(32)8-11-23/h7-16,28H,1-6H3/b26-14-/t28-/m1/s1. The van der Waals surface area contributed by atoms with Crippen molar-refractivity contribution in [2.45, 2.75) is 46.8 Å².